The summed E-state index contributed by atoms with van der Waals surface area (Å²) < 4.78 is 28.6. The molecule has 0 heterocycles. The molecule has 0 saturated heterocycles. The van der Waals surface area contributed by atoms with Gasteiger partial charge < -0.3 is 10.2 Å². The highest BCUT2D eigenvalue weighted by Gasteiger charge is 2.33. The number of anilines is 1. The third-order valence-electron chi connectivity index (χ3n) is 6.23. The lowest BCUT2D eigenvalue weighted by Crippen LogP contribution is -2.51. The van der Waals surface area contributed by atoms with E-state index in [1.54, 1.807) is 55.5 Å². The molecule has 0 aromatic heterocycles. The number of carbonyl (C=O) groups excluding carboxylic acids is 2. The van der Waals surface area contributed by atoms with Crippen LogP contribution in [0.3, 0.4) is 0 Å². The summed E-state index contributed by atoms with van der Waals surface area (Å²) in [4.78, 5) is 28.1. The second-order valence-corrected chi connectivity index (χ2v) is 11.3. The van der Waals surface area contributed by atoms with Crippen LogP contribution in [0.25, 0.3) is 0 Å². The Labute approximate surface area is 234 Å². The molecule has 1 atom stereocenters. The molecule has 0 aliphatic rings. The van der Waals surface area contributed by atoms with Gasteiger partial charge in [0.2, 0.25) is 11.8 Å². The first kappa shape index (κ1) is 29.5. The molecule has 3 aromatic carbocycles. The zero-order valence-corrected chi connectivity index (χ0v) is 23.9. The van der Waals surface area contributed by atoms with Crippen LogP contribution in [0, 0.1) is 0 Å². The summed E-state index contributed by atoms with van der Waals surface area (Å²) in [6.07, 6.45) is 1.10. The Kier molecular flexibility index (Phi) is 10.2. The Hall–Kier alpha value is -3.07. The molecule has 2 amide bonds. The Balaban J connectivity index is 2.07. The topological polar surface area (TPSA) is 86.8 Å². The number of likely N-dealkylation sites (N-methyl/N-ethyl adjacent to an activating group) is 1. The highest BCUT2D eigenvalue weighted by molar-refractivity contribution is 7.92. The standard InChI is InChI=1S/C28H31Cl2N3O4S/c1-4-20-11-15-23(16-12-20)33(38(36,37)24-9-7-6-8-10-24)19-27(34)32(26(5-2)28(35)31-3)18-21-13-14-22(29)17-25(21)30/h6-17,26H,4-5,18-19H2,1-3H3,(H,31,35)/t26-/m0/s1. The lowest BCUT2D eigenvalue weighted by Gasteiger charge is -2.33. The number of rotatable bonds is 11. The van der Waals surface area contributed by atoms with Crippen LogP contribution in [0.15, 0.2) is 77.7 Å². The quantitative estimate of drug-likeness (QED) is 0.336. The van der Waals surface area contributed by atoms with Crippen LogP contribution in [-0.4, -0.2) is 44.8 Å². The minimum atomic E-state index is -4.11. The molecule has 0 fully saturated rings. The summed E-state index contributed by atoms with van der Waals surface area (Å²) in [7, 11) is -2.61. The first-order valence-electron chi connectivity index (χ1n) is 12.2. The van der Waals surface area contributed by atoms with Crippen molar-refractivity contribution in [3.05, 3.63) is 94.0 Å². The number of benzene rings is 3. The van der Waals surface area contributed by atoms with Crippen LogP contribution in [0.5, 0.6) is 0 Å². The molecule has 3 rings (SSSR count). The summed E-state index contributed by atoms with van der Waals surface area (Å²) in [5, 5.41) is 3.37. The summed E-state index contributed by atoms with van der Waals surface area (Å²) in [5.41, 5.74) is 1.95. The largest absolute Gasteiger partial charge is 0.357 e. The maximum Gasteiger partial charge on any atom is 0.264 e. The second kappa shape index (κ2) is 13.1. The number of hydrogen-bond donors (Lipinski definition) is 1. The Morgan fingerprint density at radius 3 is 2.16 bits per heavy atom. The first-order chi connectivity index (χ1) is 18.1. The van der Waals surface area contributed by atoms with E-state index in [9.17, 15) is 18.0 Å². The maximum absolute atomic E-state index is 13.9. The highest BCUT2D eigenvalue weighted by atomic mass is 35.5. The van der Waals surface area contributed by atoms with E-state index in [0.29, 0.717) is 27.7 Å². The molecular formula is C28H31Cl2N3O4S. The van der Waals surface area contributed by atoms with Crippen molar-refractivity contribution in [3.63, 3.8) is 0 Å². The molecule has 0 spiro atoms. The zero-order valence-electron chi connectivity index (χ0n) is 21.5. The van der Waals surface area contributed by atoms with Gasteiger partial charge in [-0.3, -0.25) is 13.9 Å². The average Bonchev–Trinajstić information content (AvgIpc) is 2.92. The van der Waals surface area contributed by atoms with Crippen molar-refractivity contribution in [3.8, 4) is 0 Å². The molecule has 0 bridgehead atoms. The molecule has 0 aliphatic heterocycles. The van der Waals surface area contributed by atoms with Gasteiger partial charge in [0.25, 0.3) is 10.0 Å². The predicted octanol–water partition coefficient (Wildman–Crippen LogP) is 5.30. The molecule has 1 N–H and O–H groups in total. The average molecular weight is 577 g/mol. The van der Waals surface area contributed by atoms with E-state index in [0.717, 1.165) is 16.3 Å². The van der Waals surface area contributed by atoms with Gasteiger partial charge in [-0.05, 0) is 60.4 Å². The van der Waals surface area contributed by atoms with E-state index in [2.05, 4.69) is 5.32 Å². The van der Waals surface area contributed by atoms with Crippen LogP contribution in [-0.2, 0) is 32.6 Å². The summed E-state index contributed by atoms with van der Waals surface area (Å²) in [6.45, 7) is 3.27. The first-order valence-corrected chi connectivity index (χ1v) is 14.4. The van der Waals surface area contributed by atoms with Crippen molar-refractivity contribution in [2.75, 3.05) is 17.9 Å². The minimum Gasteiger partial charge on any atom is -0.357 e. The number of carbonyl (C=O) groups is 2. The van der Waals surface area contributed by atoms with Gasteiger partial charge in [-0.1, -0.05) is 73.4 Å². The molecule has 3 aromatic rings. The van der Waals surface area contributed by atoms with Crippen molar-refractivity contribution in [2.24, 2.45) is 0 Å². The highest BCUT2D eigenvalue weighted by Crippen LogP contribution is 2.27. The summed E-state index contributed by atoms with van der Waals surface area (Å²) in [6, 6.07) is 19.0. The molecule has 0 aliphatic carbocycles. The fraction of sp³-hybridized carbons (Fsp3) is 0.286. The SMILES string of the molecule is CCc1ccc(N(CC(=O)N(Cc2ccc(Cl)cc2Cl)[C@@H](CC)C(=O)NC)S(=O)(=O)c2ccccc2)cc1. The van der Waals surface area contributed by atoms with Gasteiger partial charge in [-0.15, -0.1) is 0 Å². The molecule has 0 saturated carbocycles. The smallest absolute Gasteiger partial charge is 0.264 e. The number of sulfonamides is 1. The lowest BCUT2D eigenvalue weighted by molar-refractivity contribution is -0.140. The molecule has 202 valence electrons. The van der Waals surface area contributed by atoms with E-state index >= 15 is 0 Å². The van der Waals surface area contributed by atoms with E-state index in [1.165, 1.54) is 24.1 Å². The second-order valence-electron chi connectivity index (χ2n) is 8.64. The number of amides is 2. The lowest BCUT2D eigenvalue weighted by atomic mass is 10.1. The van der Waals surface area contributed by atoms with Crippen LogP contribution in [0.2, 0.25) is 10.0 Å². The summed E-state index contributed by atoms with van der Waals surface area (Å²) in [5.74, 6) is -0.916. The number of hydrogen-bond acceptors (Lipinski definition) is 4. The normalized spacial score (nSPS) is 12.0. The monoisotopic (exact) mass is 575 g/mol. The van der Waals surface area contributed by atoms with Crippen molar-refractivity contribution in [1.29, 1.82) is 0 Å². The maximum atomic E-state index is 13.9. The molecule has 0 radical (unpaired) electrons. The fourth-order valence-electron chi connectivity index (χ4n) is 4.07. The van der Waals surface area contributed by atoms with Crippen molar-refractivity contribution < 1.29 is 18.0 Å². The van der Waals surface area contributed by atoms with Crippen molar-refractivity contribution in [2.45, 2.75) is 44.2 Å². The van der Waals surface area contributed by atoms with E-state index in [-0.39, 0.29) is 17.3 Å². The van der Waals surface area contributed by atoms with Crippen LogP contribution in [0.1, 0.15) is 31.4 Å². The fourth-order valence-corrected chi connectivity index (χ4v) is 5.97. The molecule has 7 nitrogen and oxygen atoms in total. The van der Waals surface area contributed by atoms with Gasteiger partial charge in [-0.2, -0.15) is 0 Å². The summed E-state index contributed by atoms with van der Waals surface area (Å²) >= 11 is 12.4. The molecule has 0 unspecified atom stereocenters. The number of halogens is 2. The van der Waals surface area contributed by atoms with E-state index in [1.807, 2.05) is 19.1 Å². The Morgan fingerprint density at radius 2 is 1.61 bits per heavy atom. The molecular weight excluding hydrogens is 545 g/mol. The third kappa shape index (κ3) is 6.87. The van der Waals surface area contributed by atoms with Gasteiger partial charge in [0.05, 0.1) is 10.6 Å². The van der Waals surface area contributed by atoms with Gasteiger partial charge in [-0.25, -0.2) is 8.42 Å². The number of nitrogens with zero attached hydrogens (tertiary/aromatic N) is 2. The zero-order chi connectivity index (χ0) is 27.9. The van der Waals surface area contributed by atoms with Gasteiger partial charge in [0.15, 0.2) is 0 Å². The van der Waals surface area contributed by atoms with Crippen LogP contribution in [0.4, 0.5) is 5.69 Å². The number of aryl methyl sites for hydroxylation is 1. The molecule has 10 heteroatoms. The van der Waals surface area contributed by atoms with Crippen molar-refractivity contribution >= 4 is 50.7 Å². The van der Waals surface area contributed by atoms with Gasteiger partial charge in [0.1, 0.15) is 12.6 Å². The predicted molar refractivity (Wildman–Crippen MR) is 152 cm³/mol. The van der Waals surface area contributed by atoms with Crippen LogP contribution >= 0.6 is 23.2 Å². The van der Waals surface area contributed by atoms with Crippen molar-refractivity contribution in [1.82, 2.24) is 10.2 Å². The minimum absolute atomic E-state index is 0.00520. The van der Waals surface area contributed by atoms with E-state index in [4.69, 9.17) is 23.2 Å². The molecule has 38 heavy (non-hydrogen) atoms. The van der Waals surface area contributed by atoms with Gasteiger partial charge >= 0.3 is 0 Å². The Morgan fingerprint density at radius 1 is 0.947 bits per heavy atom. The number of nitrogens with one attached hydrogen (secondary N) is 1. The van der Waals surface area contributed by atoms with Crippen LogP contribution < -0.4 is 9.62 Å². The Bertz CT molecular complexity index is 1370. The third-order valence-corrected chi connectivity index (χ3v) is 8.61. The van der Waals surface area contributed by atoms with Gasteiger partial charge in [0, 0.05) is 23.6 Å². The van der Waals surface area contributed by atoms with E-state index < -0.39 is 28.5 Å².